The summed E-state index contributed by atoms with van der Waals surface area (Å²) >= 11 is 0. The highest BCUT2D eigenvalue weighted by atomic mass is 32.2. The lowest BCUT2D eigenvalue weighted by Gasteiger charge is -2.09. The molecule has 0 fully saturated rings. The quantitative estimate of drug-likeness (QED) is 0.679. The van der Waals surface area contributed by atoms with Crippen LogP contribution in [0, 0.1) is 5.92 Å². The minimum Gasteiger partial charge on any atom is -0.381 e. The minimum absolute atomic E-state index is 0.171. The molecule has 0 aromatic heterocycles. The van der Waals surface area contributed by atoms with Crippen LogP contribution in [-0.2, 0) is 19.6 Å². The van der Waals surface area contributed by atoms with Crippen LogP contribution in [0.4, 0.5) is 5.69 Å². The number of ether oxygens (including phenoxy) is 1. The van der Waals surface area contributed by atoms with Crippen LogP contribution in [0.3, 0.4) is 0 Å². The van der Waals surface area contributed by atoms with E-state index in [1.807, 2.05) is 0 Å². The lowest BCUT2D eigenvalue weighted by atomic mass is 10.2. The number of hydrogen-bond donors (Lipinski definition) is 2. The number of benzene rings is 1. The van der Waals surface area contributed by atoms with Gasteiger partial charge in [0.1, 0.15) is 0 Å². The number of hydrogen-bond acceptors (Lipinski definition) is 4. The van der Waals surface area contributed by atoms with Crippen molar-refractivity contribution in [2.24, 2.45) is 5.92 Å². The van der Waals surface area contributed by atoms with Crippen molar-refractivity contribution in [1.29, 1.82) is 0 Å². The van der Waals surface area contributed by atoms with Gasteiger partial charge in [0.05, 0.1) is 4.90 Å². The van der Waals surface area contributed by atoms with Gasteiger partial charge in [-0.1, -0.05) is 13.8 Å². The van der Waals surface area contributed by atoms with Crippen LogP contribution in [-0.4, -0.2) is 34.1 Å². The molecule has 0 saturated carbocycles. The number of nitrogens with one attached hydrogen (secondary N) is 2. The maximum Gasteiger partial charge on any atom is 0.240 e. The molecule has 6 nitrogen and oxygen atoms in total. The van der Waals surface area contributed by atoms with Crippen molar-refractivity contribution in [3.05, 3.63) is 24.3 Å². The molecule has 22 heavy (non-hydrogen) atoms. The van der Waals surface area contributed by atoms with Gasteiger partial charge in [0.2, 0.25) is 15.9 Å². The van der Waals surface area contributed by atoms with Crippen LogP contribution < -0.4 is 10.0 Å². The van der Waals surface area contributed by atoms with Gasteiger partial charge in [0, 0.05) is 32.4 Å². The Hall–Kier alpha value is -1.44. The molecule has 0 aliphatic carbocycles. The van der Waals surface area contributed by atoms with Crippen LogP contribution in [0.5, 0.6) is 0 Å². The van der Waals surface area contributed by atoms with Crippen molar-refractivity contribution >= 4 is 21.6 Å². The van der Waals surface area contributed by atoms with Crippen LogP contribution >= 0.6 is 0 Å². The van der Waals surface area contributed by atoms with E-state index in [1.54, 1.807) is 12.1 Å². The summed E-state index contributed by atoms with van der Waals surface area (Å²) in [4.78, 5) is 11.1. The van der Waals surface area contributed by atoms with E-state index in [0.717, 1.165) is 0 Å². The summed E-state index contributed by atoms with van der Waals surface area (Å²) in [6.45, 7) is 7.06. The predicted octanol–water partition coefficient (Wildman–Crippen LogP) is 1.99. The Morgan fingerprint density at radius 3 is 2.41 bits per heavy atom. The van der Waals surface area contributed by atoms with Crippen molar-refractivity contribution in [3.8, 4) is 0 Å². The Balaban J connectivity index is 2.44. The molecule has 7 heteroatoms. The zero-order valence-electron chi connectivity index (χ0n) is 13.3. The van der Waals surface area contributed by atoms with E-state index in [9.17, 15) is 13.2 Å². The number of amides is 1. The Labute approximate surface area is 132 Å². The van der Waals surface area contributed by atoms with Crippen molar-refractivity contribution in [2.45, 2.75) is 32.1 Å². The fraction of sp³-hybridized carbons (Fsp3) is 0.533. The van der Waals surface area contributed by atoms with Gasteiger partial charge < -0.3 is 10.1 Å². The maximum atomic E-state index is 12.1. The summed E-state index contributed by atoms with van der Waals surface area (Å²) in [6.07, 6.45) is 0.621. The summed E-state index contributed by atoms with van der Waals surface area (Å²) in [7, 11) is -3.53. The number of sulfonamides is 1. The fourth-order valence-electron chi connectivity index (χ4n) is 1.70. The topological polar surface area (TPSA) is 84.5 Å². The number of anilines is 1. The van der Waals surface area contributed by atoms with Gasteiger partial charge in [0.25, 0.3) is 0 Å². The molecule has 0 saturated heterocycles. The van der Waals surface area contributed by atoms with E-state index < -0.39 is 10.0 Å². The van der Waals surface area contributed by atoms with Gasteiger partial charge in [0.15, 0.2) is 0 Å². The average Bonchev–Trinajstić information content (AvgIpc) is 2.42. The highest BCUT2D eigenvalue weighted by Crippen LogP contribution is 2.13. The van der Waals surface area contributed by atoms with E-state index >= 15 is 0 Å². The molecule has 0 aliphatic rings. The fourth-order valence-corrected chi connectivity index (χ4v) is 2.78. The normalized spacial score (nSPS) is 11.6. The van der Waals surface area contributed by atoms with Crippen molar-refractivity contribution in [1.82, 2.24) is 4.72 Å². The van der Waals surface area contributed by atoms with Crippen molar-refractivity contribution in [3.63, 3.8) is 0 Å². The van der Waals surface area contributed by atoms with Gasteiger partial charge in [-0.15, -0.1) is 0 Å². The lowest BCUT2D eigenvalue weighted by molar-refractivity contribution is -0.114. The van der Waals surface area contributed by atoms with E-state index in [0.29, 0.717) is 37.8 Å². The van der Waals surface area contributed by atoms with Crippen LogP contribution in [0.1, 0.15) is 27.2 Å². The van der Waals surface area contributed by atoms with Gasteiger partial charge >= 0.3 is 0 Å². The van der Waals surface area contributed by atoms with Gasteiger partial charge in [-0.2, -0.15) is 0 Å². The molecule has 1 rings (SSSR count). The Morgan fingerprint density at radius 1 is 1.23 bits per heavy atom. The zero-order chi connectivity index (χ0) is 16.6. The van der Waals surface area contributed by atoms with Crippen LogP contribution in [0.2, 0.25) is 0 Å². The Kier molecular flexibility index (Phi) is 7.50. The SMILES string of the molecule is CC(=O)Nc1ccc(S(=O)(=O)NCCCOCC(C)C)cc1. The molecule has 2 N–H and O–H groups in total. The van der Waals surface area contributed by atoms with E-state index in [-0.39, 0.29) is 10.8 Å². The zero-order valence-corrected chi connectivity index (χ0v) is 14.1. The third kappa shape index (κ3) is 7.02. The first-order valence-electron chi connectivity index (χ1n) is 7.26. The largest absolute Gasteiger partial charge is 0.381 e. The average molecular weight is 328 g/mol. The summed E-state index contributed by atoms with van der Waals surface area (Å²) < 4.78 is 32.1. The second kappa shape index (κ2) is 8.87. The van der Waals surface area contributed by atoms with E-state index in [2.05, 4.69) is 23.9 Å². The molecule has 0 aliphatic heterocycles. The first-order valence-corrected chi connectivity index (χ1v) is 8.74. The molecule has 1 amide bonds. The summed E-state index contributed by atoms with van der Waals surface area (Å²) in [6, 6.07) is 6.04. The molecule has 124 valence electrons. The molecule has 1 aromatic rings. The van der Waals surface area contributed by atoms with E-state index in [1.165, 1.54) is 19.1 Å². The highest BCUT2D eigenvalue weighted by molar-refractivity contribution is 7.89. The van der Waals surface area contributed by atoms with Crippen molar-refractivity contribution < 1.29 is 17.9 Å². The summed E-state index contributed by atoms with van der Waals surface area (Å²) in [5, 5.41) is 2.59. The number of rotatable bonds is 9. The molecule has 0 bridgehead atoms. The number of carbonyl (C=O) groups excluding carboxylic acids is 1. The molecular weight excluding hydrogens is 304 g/mol. The lowest BCUT2D eigenvalue weighted by Crippen LogP contribution is -2.25. The second-order valence-corrected chi connectivity index (χ2v) is 7.19. The predicted molar refractivity (Wildman–Crippen MR) is 86.2 cm³/mol. The molecule has 1 aromatic carbocycles. The highest BCUT2D eigenvalue weighted by Gasteiger charge is 2.13. The van der Waals surface area contributed by atoms with Crippen molar-refractivity contribution in [2.75, 3.05) is 25.1 Å². The molecule has 0 heterocycles. The van der Waals surface area contributed by atoms with Gasteiger partial charge in [-0.25, -0.2) is 13.1 Å². The molecule has 0 spiro atoms. The monoisotopic (exact) mass is 328 g/mol. The second-order valence-electron chi connectivity index (χ2n) is 5.43. The third-order valence-corrected chi connectivity index (χ3v) is 4.17. The summed E-state index contributed by atoms with van der Waals surface area (Å²) in [5.74, 6) is 0.272. The van der Waals surface area contributed by atoms with Gasteiger partial charge in [-0.05, 0) is 36.6 Å². The molecule has 0 radical (unpaired) electrons. The van der Waals surface area contributed by atoms with E-state index in [4.69, 9.17) is 4.74 Å². The molecule has 0 atom stereocenters. The minimum atomic E-state index is -3.53. The Bertz CT molecular complexity index is 568. The smallest absolute Gasteiger partial charge is 0.240 e. The maximum absolute atomic E-state index is 12.1. The summed E-state index contributed by atoms with van der Waals surface area (Å²) in [5.41, 5.74) is 0.563. The van der Waals surface area contributed by atoms with Crippen LogP contribution in [0.25, 0.3) is 0 Å². The standard InChI is InChI=1S/C15H24N2O4S/c1-12(2)11-21-10-4-9-16-22(19,20)15-7-5-14(6-8-15)17-13(3)18/h5-8,12,16H,4,9-11H2,1-3H3,(H,17,18). The Morgan fingerprint density at radius 2 is 1.86 bits per heavy atom. The third-order valence-electron chi connectivity index (χ3n) is 2.69. The molecule has 0 unspecified atom stereocenters. The first kappa shape index (κ1) is 18.6. The first-order chi connectivity index (χ1) is 10.3. The van der Waals surface area contributed by atoms with Crippen LogP contribution in [0.15, 0.2) is 29.2 Å². The molecular formula is C15H24N2O4S. The van der Waals surface area contributed by atoms with Gasteiger partial charge in [-0.3, -0.25) is 4.79 Å². The number of carbonyl (C=O) groups is 1.